The van der Waals surface area contributed by atoms with E-state index in [9.17, 15) is 10.2 Å². The first-order valence-electron chi connectivity index (χ1n) is 4.67. The number of rotatable bonds is 4. The zero-order valence-corrected chi connectivity index (χ0v) is 7.98. The molecule has 1 aliphatic rings. The van der Waals surface area contributed by atoms with E-state index in [2.05, 4.69) is 0 Å². The molecule has 0 aromatic rings. The number of hydrogen-bond donors (Lipinski definition) is 2. The van der Waals surface area contributed by atoms with Crippen LogP contribution < -0.4 is 0 Å². The minimum absolute atomic E-state index is 0.0545. The topological polar surface area (TPSA) is 58.9 Å². The van der Waals surface area contributed by atoms with E-state index in [0.29, 0.717) is 32.7 Å². The second-order valence-corrected chi connectivity index (χ2v) is 3.54. The van der Waals surface area contributed by atoms with Crippen LogP contribution in [0.15, 0.2) is 0 Å². The van der Waals surface area contributed by atoms with E-state index in [1.807, 2.05) is 0 Å². The number of hydrogen-bond acceptors (Lipinski definition) is 4. The van der Waals surface area contributed by atoms with Crippen LogP contribution in [-0.2, 0) is 9.47 Å². The van der Waals surface area contributed by atoms with E-state index in [0.717, 1.165) is 0 Å². The molecule has 0 radical (unpaired) electrons. The summed E-state index contributed by atoms with van der Waals surface area (Å²) in [5.41, 5.74) is 0. The van der Waals surface area contributed by atoms with Crippen molar-refractivity contribution in [1.29, 1.82) is 0 Å². The Hall–Kier alpha value is -0.160. The fourth-order valence-electron chi connectivity index (χ4n) is 1.62. The van der Waals surface area contributed by atoms with Crippen molar-refractivity contribution in [1.82, 2.24) is 0 Å². The van der Waals surface area contributed by atoms with Gasteiger partial charge < -0.3 is 19.7 Å². The van der Waals surface area contributed by atoms with Crippen LogP contribution in [-0.4, -0.2) is 49.4 Å². The maximum atomic E-state index is 9.55. The second kappa shape index (κ2) is 5.54. The maximum absolute atomic E-state index is 9.55. The molecule has 1 heterocycles. The zero-order valence-electron chi connectivity index (χ0n) is 7.98. The van der Waals surface area contributed by atoms with Gasteiger partial charge in [0.15, 0.2) is 0 Å². The smallest absolute Gasteiger partial charge is 0.0778 e. The molecule has 3 unspecified atom stereocenters. The van der Waals surface area contributed by atoms with Crippen molar-refractivity contribution in [2.75, 3.05) is 26.9 Å². The minimum atomic E-state index is -0.494. The Morgan fingerprint density at radius 3 is 3.00 bits per heavy atom. The van der Waals surface area contributed by atoms with Crippen LogP contribution in [0.3, 0.4) is 0 Å². The lowest BCUT2D eigenvalue weighted by atomic mass is 9.93. The van der Waals surface area contributed by atoms with Crippen LogP contribution in [0.1, 0.15) is 12.8 Å². The fourth-order valence-corrected chi connectivity index (χ4v) is 1.62. The quantitative estimate of drug-likeness (QED) is 0.643. The molecule has 78 valence electrons. The molecule has 0 aromatic carbocycles. The third-order valence-corrected chi connectivity index (χ3v) is 2.37. The Kier molecular flexibility index (Phi) is 4.66. The molecular weight excluding hydrogens is 172 g/mol. The molecular formula is C9H18O4. The van der Waals surface area contributed by atoms with Crippen molar-refractivity contribution in [2.45, 2.75) is 25.0 Å². The predicted molar refractivity (Wildman–Crippen MR) is 47.4 cm³/mol. The summed E-state index contributed by atoms with van der Waals surface area (Å²) in [7, 11) is 1.55. The highest BCUT2D eigenvalue weighted by molar-refractivity contribution is 4.75. The van der Waals surface area contributed by atoms with Gasteiger partial charge in [-0.1, -0.05) is 0 Å². The first-order chi connectivity index (χ1) is 6.24. The van der Waals surface area contributed by atoms with Gasteiger partial charge in [0, 0.05) is 19.6 Å². The van der Waals surface area contributed by atoms with E-state index in [1.165, 1.54) is 0 Å². The Balaban J connectivity index is 2.25. The SMILES string of the molecule is COCC(O)CC1COCCC1O. The molecule has 2 N–H and O–H groups in total. The lowest BCUT2D eigenvalue weighted by Crippen LogP contribution is -2.35. The van der Waals surface area contributed by atoms with Gasteiger partial charge in [-0.05, 0) is 12.8 Å². The average molecular weight is 190 g/mol. The third-order valence-electron chi connectivity index (χ3n) is 2.37. The molecule has 1 rings (SSSR count). The number of aliphatic hydroxyl groups excluding tert-OH is 2. The molecule has 0 amide bonds. The molecule has 0 aliphatic carbocycles. The van der Waals surface area contributed by atoms with E-state index in [4.69, 9.17) is 9.47 Å². The Morgan fingerprint density at radius 2 is 2.38 bits per heavy atom. The average Bonchev–Trinajstić information content (AvgIpc) is 2.09. The molecule has 1 saturated heterocycles. The summed E-state index contributed by atoms with van der Waals surface area (Å²) >= 11 is 0. The van der Waals surface area contributed by atoms with Crippen LogP contribution in [0, 0.1) is 5.92 Å². The van der Waals surface area contributed by atoms with Crippen molar-refractivity contribution in [3.8, 4) is 0 Å². The summed E-state index contributed by atoms with van der Waals surface area (Å²) < 4.78 is 10.0. The van der Waals surface area contributed by atoms with E-state index < -0.39 is 6.10 Å². The van der Waals surface area contributed by atoms with Gasteiger partial charge in [0.2, 0.25) is 0 Å². The fraction of sp³-hybridized carbons (Fsp3) is 1.00. The molecule has 13 heavy (non-hydrogen) atoms. The van der Waals surface area contributed by atoms with E-state index in [-0.39, 0.29) is 12.0 Å². The van der Waals surface area contributed by atoms with Crippen molar-refractivity contribution in [2.24, 2.45) is 5.92 Å². The van der Waals surface area contributed by atoms with E-state index in [1.54, 1.807) is 7.11 Å². The molecule has 0 spiro atoms. The standard InChI is InChI=1S/C9H18O4/c1-12-6-8(10)4-7-5-13-3-2-9(7)11/h7-11H,2-6H2,1H3. The molecule has 0 saturated carbocycles. The summed E-state index contributed by atoms with van der Waals surface area (Å²) in [6.07, 6.45) is 0.394. The lowest BCUT2D eigenvalue weighted by Gasteiger charge is -2.29. The highest BCUT2D eigenvalue weighted by atomic mass is 16.5. The first-order valence-corrected chi connectivity index (χ1v) is 4.67. The Labute approximate surface area is 78.5 Å². The van der Waals surface area contributed by atoms with Crippen molar-refractivity contribution < 1.29 is 19.7 Å². The summed E-state index contributed by atoms with van der Waals surface area (Å²) in [5, 5.41) is 19.0. The molecule has 4 nitrogen and oxygen atoms in total. The summed E-state index contributed by atoms with van der Waals surface area (Å²) in [5.74, 6) is 0.0545. The van der Waals surface area contributed by atoms with Gasteiger partial charge in [-0.2, -0.15) is 0 Å². The minimum Gasteiger partial charge on any atom is -0.393 e. The summed E-state index contributed by atoms with van der Waals surface area (Å²) in [6.45, 7) is 1.49. The van der Waals surface area contributed by atoms with Crippen molar-refractivity contribution in [3.05, 3.63) is 0 Å². The van der Waals surface area contributed by atoms with Crippen molar-refractivity contribution >= 4 is 0 Å². The van der Waals surface area contributed by atoms with Gasteiger partial charge in [-0.15, -0.1) is 0 Å². The molecule has 0 aromatic heterocycles. The summed E-state index contributed by atoms with van der Waals surface area (Å²) in [4.78, 5) is 0. The number of aliphatic hydroxyl groups is 2. The van der Waals surface area contributed by atoms with Crippen LogP contribution in [0.25, 0.3) is 0 Å². The molecule has 0 bridgehead atoms. The lowest BCUT2D eigenvalue weighted by molar-refractivity contribution is -0.0589. The van der Waals surface area contributed by atoms with Gasteiger partial charge in [-0.3, -0.25) is 0 Å². The van der Waals surface area contributed by atoms with E-state index >= 15 is 0 Å². The van der Waals surface area contributed by atoms with Gasteiger partial charge in [0.25, 0.3) is 0 Å². The second-order valence-electron chi connectivity index (χ2n) is 3.54. The highest BCUT2D eigenvalue weighted by Gasteiger charge is 2.25. The van der Waals surface area contributed by atoms with Crippen molar-refractivity contribution in [3.63, 3.8) is 0 Å². The van der Waals surface area contributed by atoms with Crippen LogP contribution in [0.2, 0.25) is 0 Å². The Morgan fingerprint density at radius 1 is 1.62 bits per heavy atom. The highest BCUT2D eigenvalue weighted by Crippen LogP contribution is 2.19. The van der Waals surface area contributed by atoms with Gasteiger partial charge in [0.1, 0.15) is 0 Å². The van der Waals surface area contributed by atoms with Crippen LogP contribution in [0.4, 0.5) is 0 Å². The third kappa shape index (κ3) is 3.60. The Bertz CT molecular complexity index is 140. The molecule has 1 fully saturated rings. The number of methoxy groups -OCH3 is 1. The molecule has 3 atom stereocenters. The van der Waals surface area contributed by atoms with Gasteiger partial charge >= 0.3 is 0 Å². The van der Waals surface area contributed by atoms with Crippen LogP contribution >= 0.6 is 0 Å². The molecule has 1 aliphatic heterocycles. The predicted octanol–water partition coefficient (Wildman–Crippen LogP) is -0.219. The molecule has 4 heteroatoms. The largest absolute Gasteiger partial charge is 0.393 e. The normalized spacial score (nSPS) is 31.6. The van der Waals surface area contributed by atoms with Gasteiger partial charge in [-0.25, -0.2) is 0 Å². The zero-order chi connectivity index (χ0) is 9.68. The summed E-state index contributed by atoms with van der Waals surface area (Å²) in [6, 6.07) is 0. The number of ether oxygens (including phenoxy) is 2. The van der Waals surface area contributed by atoms with Gasteiger partial charge in [0.05, 0.1) is 25.4 Å². The first kappa shape index (κ1) is 10.9. The monoisotopic (exact) mass is 190 g/mol. The maximum Gasteiger partial charge on any atom is 0.0778 e. The van der Waals surface area contributed by atoms with Crippen LogP contribution in [0.5, 0.6) is 0 Å².